The smallest absolute Gasteiger partial charge is 0.0547 e. The number of pyridine rings is 1. The predicted octanol–water partition coefficient (Wildman–Crippen LogP) is 8.54. The molecule has 0 atom stereocenters. The Hall–Kier alpha value is -4.36. The van der Waals surface area contributed by atoms with Crippen molar-refractivity contribution in [3.8, 4) is 22.3 Å². The van der Waals surface area contributed by atoms with Crippen molar-refractivity contribution in [2.75, 3.05) is 0 Å². The zero-order chi connectivity index (χ0) is 22.7. The van der Waals surface area contributed by atoms with Gasteiger partial charge < -0.3 is 4.40 Å². The first-order valence-corrected chi connectivity index (χ1v) is 12.5. The van der Waals surface area contributed by atoms with Crippen LogP contribution in [0.25, 0.3) is 60.3 Å². The van der Waals surface area contributed by atoms with Crippen LogP contribution in [0.2, 0.25) is 0 Å². The number of aromatic nitrogens is 1. The summed E-state index contributed by atoms with van der Waals surface area (Å²) >= 11 is 0. The molecule has 2 heterocycles. The lowest BCUT2D eigenvalue weighted by Gasteiger charge is -2.14. The standard InChI is InChI=1S/C34H21N/c1-4-10-25-20(7-1)13-23-15-29-30(18-27(23)25)33-16-22-9-3-6-12-32(22)35(33)34-17-24-14-21-8-2-5-11-26(21)28(24)19-31(29)34/h1-12,15-19H,13-14H2. The molecule has 2 aliphatic rings. The molecule has 0 radical (unpaired) electrons. The number of hydrogen-bond donors (Lipinski definition) is 0. The quantitative estimate of drug-likeness (QED) is 0.207. The van der Waals surface area contributed by atoms with Gasteiger partial charge in [-0.3, -0.25) is 0 Å². The van der Waals surface area contributed by atoms with Gasteiger partial charge in [0.15, 0.2) is 0 Å². The van der Waals surface area contributed by atoms with Crippen LogP contribution in [0.1, 0.15) is 22.3 Å². The first kappa shape index (κ1) is 18.0. The average Bonchev–Trinajstić information content (AvgIpc) is 3.57. The molecule has 0 saturated carbocycles. The zero-order valence-corrected chi connectivity index (χ0v) is 19.2. The highest BCUT2D eigenvalue weighted by Crippen LogP contribution is 2.45. The monoisotopic (exact) mass is 443 g/mol. The van der Waals surface area contributed by atoms with E-state index in [-0.39, 0.29) is 0 Å². The fraction of sp³-hybridized carbons (Fsp3) is 0.0588. The SMILES string of the molecule is c1ccc2c(c1)Cc1cc3c(cc1-2)c1cc2c(cc1c1cc4ccccc4n31)-c1ccccc1C2. The second-order valence-electron chi connectivity index (χ2n) is 10.2. The first-order chi connectivity index (χ1) is 17.3. The van der Waals surface area contributed by atoms with Crippen LogP contribution in [0.15, 0.2) is 103 Å². The molecule has 1 nitrogen and oxygen atoms in total. The van der Waals surface area contributed by atoms with Crippen LogP contribution in [-0.2, 0) is 12.8 Å². The van der Waals surface area contributed by atoms with Gasteiger partial charge in [-0.05, 0) is 99.1 Å². The summed E-state index contributed by atoms with van der Waals surface area (Å²) in [5.74, 6) is 0. The predicted molar refractivity (Wildman–Crippen MR) is 146 cm³/mol. The van der Waals surface area contributed by atoms with E-state index in [9.17, 15) is 0 Å². The summed E-state index contributed by atoms with van der Waals surface area (Å²) in [6.07, 6.45) is 2.03. The summed E-state index contributed by atoms with van der Waals surface area (Å²) in [6.45, 7) is 0. The summed E-state index contributed by atoms with van der Waals surface area (Å²) in [5.41, 5.74) is 15.2. The van der Waals surface area contributed by atoms with Gasteiger partial charge in [-0.15, -0.1) is 0 Å². The molecule has 0 bridgehead atoms. The molecule has 0 aliphatic heterocycles. The topological polar surface area (TPSA) is 4.41 Å². The van der Waals surface area contributed by atoms with Crippen molar-refractivity contribution in [2.45, 2.75) is 12.8 Å². The van der Waals surface area contributed by atoms with Crippen LogP contribution in [0.3, 0.4) is 0 Å². The van der Waals surface area contributed by atoms with Crippen molar-refractivity contribution in [1.82, 2.24) is 4.40 Å². The minimum Gasteiger partial charge on any atom is -0.309 e. The second kappa shape index (κ2) is 6.20. The van der Waals surface area contributed by atoms with E-state index in [4.69, 9.17) is 0 Å². The van der Waals surface area contributed by atoms with Crippen LogP contribution in [0, 0.1) is 0 Å². The Labute approximate surface area is 202 Å². The Morgan fingerprint density at radius 1 is 0.400 bits per heavy atom. The van der Waals surface area contributed by atoms with Gasteiger partial charge in [-0.25, -0.2) is 0 Å². The van der Waals surface area contributed by atoms with Crippen molar-refractivity contribution in [1.29, 1.82) is 0 Å². The Kier molecular flexibility index (Phi) is 3.19. The Bertz CT molecular complexity index is 2050. The molecule has 162 valence electrons. The van der Waals surface area contributed by atoms with E-state index in [2.05, 4.69) is 108 Å². The highest BCUT2D eigenvalue weighted by atomic mass is 14.9. The summed E-state index contributed by atoms with van der Waals surface area (Å²) < 4.78 is 2.50. The third kappa shape index (κ3) is 2.24. The molecule has 2 aliphatic carbocycles. The molecular weight excluding hydrogens is 422 g/mol. The fourth-order valence-electron chi connectivity index (χ4n) is 6.80. The highest BCUT2D eigenvalue weighted by Gasteiger charge is 2.24. The molecule has 0 saturated heterocycles. The van der Waals surface area contributed by atoms with Crippen molar-refractivity contribution >= 4 is 38.1 Å². The summed E-state index contributed by atoms with van der Waals surface area (Å²) in [6, 6.07) is 38.9. The van der Waals surface area contributed by atoms with Gasteiger partial charge in [0, 0.05) is 16.2 Å². The van der Waals surface area contributed by atoms with Crippen molar-refractivity contribution in [3.05, 3.63) is 125 Å². The van der Waals surface area contributed by atoms with E-state index in [0.29, 0.717) is 0 Å². The molecule has 0 fully saturated rings. The second-order valence-corrected chi connectivity index (χ2v) is 10.2. The number of nitrogens with zero attached hydrogens (tertiary/aromatic N) is 1. The third-order valence-corrected chi connectivity index (χ3v) is 8.36. The summed E-state index contributed by atoms with van der Waals surface area (Å²) in [5, 5.41) is 5.36. The first-order valence-electron chi connectivity index (χ1n) is 12.5. The highest BCUT2D eigenvalue weighted by molar-refractivity contribution is 6.18. The largest absolute Gasteiger partial charge is 0.309 e. The van der Waals surface area contributed by atoms with Crippen molar-refractivity contribution in [3.63, 3.8) is 0 Å². The number of rotatable bonds is 0. The van der Waals surface area contributed by atoms with E-state index in [1.54, 1.807) is 0 Å². The third-order valence-electron chi connectivity index (χ3n) is 8.36. The summed E-state index contributed by atoms with van der Waals surface area (Å²) in [7, 11) is 0. The van der Waals surface area contributed by atoms with E-state index in [0.717, 1.165) is 12.8 Å². The minimum absolute atomic E-state index is 1.01. The lowest BCUT2D eigenvalue weighted by atomic mass is 9.95. The van der Waals surface area contributed by atoms with Gasteiger partial charge in [0.25, 0.3) is 0 Å². The molecule has 0 amide bonds. The van der Waals surface area contributed by atoms with Gasteiger partial charge in [-0.1, -0.05) is 66.7 Å². The van der Waals surface area contributed by atoms with Crippen LogP contribution in [-0.4, -0.2) is 4.40 Å². The summed E-state index contributed by atoms with van der Waals surface area (Å²) in [4.78, 5) is 0. The van der Waals surface area contributed by atoms with Crippen molar-refractivity contribution < 1.29 is 0 Å². The van der Waals surface area contributed by atoms with E-state index >= 15 is 0 Å². The normalized spacial score (nSPS) is 13.5. The van der Waals surface area contributed by atoms with Crippen LogP contribution in [0.5, 0.6) is 0 Å². The Balaban J connectivity index is 1.50. The lowest BCUT2D eigenvalue weighted by molar-refractivity contribution is 1.25. The molecule has 2 aromatic heterocycles. The maximum absolute atomic E-state index is 2.50. The van der Waals surface area contributed by atoms with Crippen LogP contribution in [0.4, 0.5) is 0 Å². The Morgan fingerprint density at radius 3 is 1.69 bits per heavy atom. The fourth-order valence-corrected chi connectivity index (χ4v) is 6.80. The van der Waals surface area contributed by atoms with E-state index < -0.39 is 0 Å². The zero-order valence-electron chi connectivity index (χ0n) is 19.2. The van der Waals surface area contributed by atoms with E-state index in [1.165, 1.54) is 82.6 Å². The minimum atomic E-state index is 1.01. The van der Waals surface area contributed by atoms with Crippen LogP contribution < -0.4 is 0 Å². The molecule has 1 heteroatoms. The molecule has 0 spiro atoms. The van der Waals surface area contributed by atoms with Crippen LogP contribution >= 0.6 is 0 Å². The number of benzene rings is 5. The molecule has 5 aromatic carbocycles. The van der Waals surface area contributed by atoms with Gasteiger partial charge >= 0.3 is 0 Å². The molecular formula is C34H21N. The molecule has 7 aromatic rings. The van der Waals surface area contributed by atoms with Gasteiger partial charge in [0.05, 0.1) is 16.6 Å². The number of fused-ring (bicyclic) bond motifs is 14. The lowest BCUT2D eigenvalue weighted by Crippen LogP contribution is -1.94. The van der Waals surface area contributed by atoms with Gasteiger partial charge in [-0.2, -0.15) is 0 Å². The number of para-hydroxylation sites is 1. The molecule has 35 heavy (non-hydrogen) atoms. The number of hydrogen-bond acceptors (Lipinski definition) is 0. The average molecular weight is 444 g/mol. The molecule has 0 N–H and O–H groups in total. The Morgan fingerprint density at radius 2 is 0.971 bits per heavy atom. The van der Waals surface area contributed by atoms with Crippen molar-refractivity contribution in [2.24, 2.45) is 0 Å². The molecule has 0 unspecified atom stereocenters. The van der Waals surface area contributed by atoms with E-state index in [1.807, 2.05) is 0 Å². The maximum atomic E-state index is 2.50. The molecule has 9 rings (SSSR count). The maximum Gasteiger partial charge on any atom is 0.0547 e. The van der Waals surface area contributed by atoms with Gasteiger partial charge in [0.1, 0.15) is 0 Å². The van der Waals surface area contributed by atoms with Gasteiger partial charge in [0.2, 0.25) is 0 Å².